The van der Waals surface area contributed by atoms with E-state index in [0.717, 1.165) is 16.9 Å². The number of benzene rings is 2. The van der Waals surface area contributed by atoms with E-state index >= 15 is 0 Å². The van der Waals surface area contributed by atoms with Crippen LogP contribution in [0.25, 0.3) is 11.1 Å². The number of nitrogens with zero attached hydrogens (tertiary/aromatic N) is 2. The predicted octanol–water partition coefficient (Wildman–Crippen LogP) is 2.48. The summed E-state index contributed by atoms with van der Waals surface area (Å²) in [6.07, 6.45) is 0. The maximum Gasteiger partial charge on any atom is 0.419 e. The zero-order valence-electron chi connectivity index (χ0n) is 11.3. The minimum Gasteiger partial charge on any atom is -0.408 e. The minimum atomic E-state index is -0.362. The van der Waals surface area contributed by atoms with E-state index < -0.39 is 0 Å². The highest BCUT2D eigenvalue weighted by molar-refractivity contribution is 5.82. The van der Waals surface area contributed by atoms with Gasteiger partial charge in [-0.05, 0) is 24.3 Å². The molecule has 2 aromatic carbocycles. The summed E-state index contributed by atoms with van der Waals surface area (Å²) < 4.78 is 6.69. The van der Waals surface area contributed by atoms with Crippen molar-refractivity contribution in [3.8, 4) is 0 Å². The number of hydrogen-bond donors (Lipinski definition) is 1. The zero-order chi connectivity index (χ0) is 14.3. The number of nitrogen functional groups attached to an aromatic ring is 1. The molecule has 0 fully saturated rings. The number of hydrogen-bond acceptors (Lipinski definition) is 4. The van der Waals surface area contributed by atoms with Crippen LogP contribution in [0.4, 0.5) is 17.1 Å². The quantitative estimate of drug-likeness (QED) is 0.726. The van der Waals surface area contributed by atoms with Gasteiger partial charge < -0.3 is 15.1 Å². The Bertz CT molecular complexity index is 832. The van der Waals surface area contributed by atoms with Crippen molar-refractivity contribution in [1.82, 2.24) is 4.57 Å². The molecular formula is C15H15N3O2. The van der Waals surface area contributed by atoms with Gasteiger partial charge in [0.15, 0.2) is 5.58 Å². The summed E-state index contributed by atoms with van der Waals surface area (Å²) in [7, 11) is 3.61. The van der Waals surface area contributed by atoms with Gasteiger partial charge in [0.25, 0.3) is 0 Å². The van der Waals surface area contributed by atoms with Crippen molar-refractivity contribution in [1.29, 1.82) is 0 Å². The van der Waals surface area contributed by atoms with Crippen molar-refractivity contribution >= 4 is 28.2 Å². The smallest absolute Gasteiger partial charge is 0.408 e. The lowest BCUT2D eigenvalue weighted by molar-refractivity contribution is 0.528. The fourth-order valence-corrected chi connectivity index (χ4v) is 2.26. The molecule has 0 aliphatic carbocycles. The molecule has 0 radical (unpaired) electrons. The Kier molecular flexibility index (Phi) is 2.75. The lowest BCUT2D eigenvalue weighted by Gasteiger charge is -2.21. The molecular weight excluding hydrogens is 254 g/mol. The lowest BCUT2D eigenvalue weighted by Crippen LogP contribution is -2.11. The van der Waals surface area contributed by atoms with E-state index in [2.05, 4.69) is 0 Å². The van der Waals surface area contributed by atoms with Crippen LogP contribution in [-0.2, 0) is 7.05 Å². The SMILES string of the molecule is CN(c1ccc2c(c1)oc(=O)n2C)c1ccccc1N. The summed E-state index contributed by atoms with van der Waals surface area (Å²) in [6.45, 7) is 0. The van der Waals surface area contributed by atoms with Crippen molar-refractivity contribution in [2.24, 2.45) is 7.05 Å². The van der Waals surface area contributed by atoms with Gasteiger partial charge in [-0.3, -0.25) is 4.57 Å². The largest absolute Gasteiger partial charge is 0.419 e. The highest BCUT2D eigenvalue weighted by Gasteiger charge is 2.11. The van der Waals surface area contributed by atoms with Crippen molar-refractivity contribution in [3.05, 3.63) is 53.0 Å². The molecule has 0 amide bonds. The van der Waals surface area contributed by atoms with Gasteiger partial charge >= 0.3 is 5.76 Å². The van der Waals surface area contributed by atoms with Gasteiger partial charge in [-0.15, -0.1) is 0 Å². The summed E-state index contributed by atoms with van der Waals surface area (Å²) in [5.41, 5.74) is 9.83. The molecule has 0 spiro atoms. The van der Waals surface area contributed by atoms with Crippen LogP contribution < -0.4 is 16.4 Å². The van der Waals surface area contributed by atoms with Crippen molar-refractivity contribution in [3.63, 3.8) is 0 Å². The van der Waals surface area contributed by atoms with E-state index in [-0.39, 0.29) is 5.76 Å². The Balaban J connectivity index is 2.11. The first kappa shape index (κ1) is 12.3. The number of para-hydroxylation sites is 2. The molecule has 1 heterocycles. The summed E-state index contributed by atoms with van der Waals surface area (Å²) in [6, 6.07) is 13.3. The molecule has 0 bridgehead atoms. The predicted molar refractivity (Wildman–Crippen MR) is 80.4 cm³/mol. The third-order valence-electron chi connectivity index (χ3n) is 3.46. The number of aryl methyl sites for hydroxylation is 1. The maximum absolute atomic E-state index is 11.5. The summed E-state index contributed by atoms with van der Waals surface area (Å²) >= 11 is 0. The summed E-state index contributed by atoms with van der Waals surface area (Å²) in [5.74, 6) is -0.362. The number of nitrogens with two attached hydrogens (primary N) is 1. The molecule has 0 unspecified atom stereocenters. The van der Waals surface area contributed by atoms with Gasteiger partial charge in [0.1, 0.15) is 0 Å². The van der Waals surface area contributed by atoms with Gasteiger partial charge in [0.05, 0.1) is 16.9 Å². The summed E-state index contributed by atoms with van der Waals surface area (Å²) in [5, 5.41) is 0. The summed E-state index contributed by atoms with van der Waals surface area (Å²) in [4.78, 5) is 13.5. The molecule has 0 atom stereocenters. The Hall–Kier alpha value is -2.69. The lowest BCUT2D eigenvalue weighted by atomic mass is 10.2. The number of rotatable bonds is 2. The Morgan fingerprint density at radius 2 is 1.95 bits per heavy atom. The van der Waals surface area contributed by atoms with Crippen LogP contribution in [0.3, 0.4) is 0 Å². The van der Waals surface area contributed by atoms with Crippen LogP contribution in [0.15, 0.2) is 51.7 Å². The topological polar surface area (TPSA) is 64.4 Å². The van der Waals surface area contributed by atoms with E-state index in [1.165, 1.54) is 4.57 Å². The van der Waals surface area contributed by atoms with Gasteiger partial charge in [0, 0.05) is 25.8 Å². The van der Waals surface area contributed by atoms with Gasteiger partial charge in [-0.25, -0.2) is 4.79 Å². The van der Waals surface area contributed by atoms with E-state index in [9.17, 15) is 4.79 Å². The molecule has 20 heavy (non-hydrogen) atoms. The molecule has 2 N–H and O–H groups in total. The third-order valence-corrected chi connectivity index (χ3v) is 3.46. The standard InChI is InChI=1S/C15H15N3O2/c1-17(12-6-4-3-5-11(12)16)10-7-8-13-14(9-10)20-15(19)18(13)2/h3-9H,16H2,1-2H3. The fraction of sp³-hybridized carbons (Fsp3) is 0.133. The first-order valence-electron chi connectivity index (χ1n) is 6.26. The van der Waals surface area contributed by atoms with Crippen molar-refractivity contribution in [2.45, 2.75) is 0 Å². The molecule has 102 valence electrons. The average molecular weight is 269 g/mol. The van der Waals surface area contributed by atoms with Gasteiger partial charge in [0.2, 0.25) is 0 Å². The van der Waals surface area contributed by atoms with E-state index in [1.807, 2.05) is 54.4 Å². The number of oxazole rings is 1. The van der Waals surface area contributed by atoms with Crippen LogP contribution in [0.5, 0.6) is 0 Å². The first-order valence-corrected chi connectivity index (χ1v) is 6.26. The van der Waals surface area contributed by atoms with Gasteiger partial charge in [-0.1, -0.05) is 12.1 Å². The Morgan fingerprint density at radius 3 is 2.70 bits per heavy atom. The van der Waals surface area contributed by atoms with E-state index in [1.54, 1.807) is 7.05 Å². The number of anilines is 3. The minimum absolute atomic E-state index is 0.362. The maximum atomic E-state index is 11.5. The number of fused-ring (bicyclic) bond motifs is 1. The second-order valence-electron chi connectivity index (χ2n) is 4.70. The van der Waals surface area contributed by atoms with Crippen LogP contribution in [0.1, 0.15) is 0 Å². The highest BCUT2D eigenvalue weighted by atomic mass is 16.4. The molecule has 0 saturated heterocycles. The van der Waals surface area contributed by atoms with Crippen LogP contribution in [0, 0.1) is 0 Å². The van der Waals surface area contributed by atoms with E-state index in [0.29, 0.717) is 11.3 Å². The average Bonchev–Trinajstić information content (AvgIpc) is 2.73. The third kappa shape index (κ3) is 1.84. The van der Waals surface area contributed by atoms with Crippen LogP contribution >= 0.6 is 0 Å². The molecule has 1 aromatic heterocycles. The fourth-order valence-electron chi connectivity index (χ4n) is 2.26. The monoisotopic (exact) mass is 269 g/mol. The van der Waals surface area contributed by atoms with Crippen LogP contribution in [-0.4, -0.2) is 11.6 Å². The number of aromatic nitrogens is 1. The molecule has 5 nitrogen and oxygen atoms in total. The van der Waals surface area contributed by atoms with Crippen molar-refractivity contribution < 1.29 is 4.42 Å². The van der Waals surface area contributed by atoms with E-state index in [4.69, 9.17) is 10.2 Å². The zero-order valence-corrected chi connectivity index (χ0v) is 11.3. The first-order chi connectivity index (χ1) is 9.58. The van der Waals surface area contributed by atoms with Crippen LogP contribution in [0.2, 0.25) is 0 Å². The molecule has 5 heteroatoms. The Labute approximate surface area is 115 Å². The second kappa shape index (κ2) is 4.45. The molecule has 0 saturated carbocycles. The molecule has 3 aromatic rings. The molecule has 0 aliphatic rings. The van der Waals surface area contributed by atoms with Gasteiger partial charge in [-0.2, -0.15) is 0 Å². The normalized spacial score (nSPS) is 10.9. The second-order valence-corrected chi connectivity index (χ2v) is 4.70. The highest BCUT2D eigenvalue weighted by Crippen LogP contribution is 2.30. The van der Waals surface area contributed by atoms with Crippen molar-refractivity contribution in [2.75, 3.05) is 17.7 Å². The Morgan fingerprint density at radius 1 is 1.20 bits per heavy atom. The molecule has 3 rings (SSSR count). The molecule has 0 aliphatic heterocycles.